The number of nitrogens with zero attached hydrogens (tertiary/aromatic N) is 3. The van der Waals surface area contributed by atoms with Gasteiger partial charge in [-0.3, -0.25) is 4.79 Å². The average molecular weight is 225 g/mol. The van der Waals surface area contributed by atoms with E-state index in [2.05, 4.69) is 10.0 Å². The van der Waals surface area contributed by atoms with E-state index in [0.717, 1.165) is 44.9 Å². The van der Waals surface area contributed by atoms with Gasteiger partial charge in [-0.25, -0.2) is 0 Å². The van der Waals surface area contributed by atoms with Crippen LogP contribution in [0.1, 0.15) is 51.4 Å². The lowest BCUT2D eigenvalue weighted by atomic mass is 10.1. The minimum atomic E-state index is -0.0904. The first-order valence-electron chi connectivity index (χ1n) is 5.95. The van der Waals surface area contributed by atoms with Gasteiger partial charge in [-0.05, 0) is 37.6 Å². The number of carbonyl (C=O) groups excluding carboxylic acids is 1. The smallest absolute Gasteiger partial charge is 0.293 e. The molecule has 0 N–H and O–H groups in total. The van der Waals surface area contributed by atoms with E-state index in [1.807, 2.05) is 0 Å². The molecule has 1 aliphatic carbocycles. The van der Waals surface area contributed by atoms with E-state index < -0.39 is 0 Å². The van der Waals surface area contributed by atoms with Crippen molar-refractivity contribution < 1.29 is 9.53 Å². The number of unbranched alkanes of at least 4 members (excludes halogenated alkanes) is 4. The number of azide groups is 1. The minimum absolute atomic E-state index is 0.0904. The summed E-state index contributed by atoms with van der Waals surface area (Å²) in [7, 11) is 0. The van der Waals surface area contributed by atoms with Gasteiger partial charge in [0.25, 0.3) is 6.47 Å². The van der Waals surface area contributed by atoms with Crippen LogP contribution in [-0.2, 0) is 9.53 Å². The molecule has 0 aromatic carbocycles. The Bertz CT molecular complexity index is 258. The summed E-state index contributed by atoms with van der Waals surface area (Å²) in [4.78, 5) is 12.9. The van der Waals surface area contributed by atoms with Crippen molar-refractivity contribution in [2.45, 2.75) is 57.0 Å². The second kappa shape index (κ2) is 7.12. The predicted molar refractivity (Wildman–Crippen MR) is 60.8 cm³/mol. The molecule has 5 nitrogen and oxygen atoms in total. The van der Waals surface area contributed by atoms with Crippen LogP contribution >= 0.6 is 0 Å². The lowest BCUT2D eigenvalue weighted by molar-refractivity contribution is -0.135. The van der Waals surface area contributed by atoms with Crippen LogP contribution in [0.4, 0.5) is 0 Å². The largest absolute Gasteiger partial charge is 0.461 e. The molecule has 0 bridgehead atoms. The third-order valence-corrected chi connectivity index (χ3v) is 3.06. The quantitative estimate of drug-likeness (QED) is 0.188. The van der Waals surface area contributed by atoms with Gasteiger partial charge in [-0.15, -0.1) is 0 Å². The van der Waals surface area contributed by atoms with Crippen molar-refractivity contribution in [3.05, 3.63) is 10.4 Å². The SMILES string of the molecule is [N-]=[N+]=NCCCCCCCC1(OC=O)CC1. The Morgan fingerprint density at radius 3 is 2.56 bits per heavy atom. The van der Waals surface area contributed by atoms with Crippen molar-refractivity contribution in [2.75, 3.05) is 6.54 Å². The monoisotopic (exact) mass is 225 g/mol. The molecule has 0 saturated heterocycles. The van der Waals surface area contributed by atoms with Crippen molar-refractivity contribution in [3.63, 3.8) is 0 Å². The van der Waals surface area contributed by atoms with E-state index >= 15 is 0 Å². The molecule has 0 radical (unpaired) electrons. The normalized spacial score (nSPS) is 16.2. The van der Waals surface area contributed by atoms with Gasteiger partial charge in [-0.2, -0.15) is 0 Å². The first kappa shape index (κ1) is 12.8. The molecule has 1 aliphatic rings. The fourth-order valence-corrected chi connectivity index (χ4v) is 1.87. The van der Waals surface area contributed by atoms with Crippen molar-refractivity contribution in [3.8, 4) is 0 Å². The van der Waals surface area contributed by atoms with E-state index in [1.165, 1.54) is 6.42 Å². The molecular formula is C11H19N3O2. The van der Waals surface area contributed by atoms with E-state index in [1.54, 1.807) is 0 Å². The minimum Gasteiger partial charge on any atom is -0.461 e. The summed E-state index contributed by atoms with van der Waals surface area (Å²) >= 11 is 0. The fraction of sp³-hybridized carbons (Fsp3) is 0.909. The molecule has 0 heterocycles. The first-order valence-corrected chi connectivity index (χ1v) is 5.95. The zero-order valence-electron chi connectivity index (χ0n) is 9.60. The summed E-state index contributed by atoms with van der Waals surface area (Å²) in [6, 6.07) is 0. The van der Waals surface area contributed by atoms with E-state index in [-0.39, 0.29) is 5.60 Å². The van der Waals surface area contributed by atoms with Gasteiger partial charge >= 0.3 is 0 Å². The molecule has 5 heteroatoms. The number of hydrogen-bond acceptors (Lipinski definition) is 3. The molecule has 0 atom stereocenters. The van der Waals surface area contributed by atoms with Crippen LogP contribution < -0.4 is 0 Å². The maximum absolute atomic E-state index is 10.2. The third-order valence-electron chi connectivity index (χ3n) is 3.06. The van der Waals surface area contributed by atoms with Crippen molar-refractivity contribution in [2.24, 2.45) is 5.11 Å². The number of hydrogen-bond donors (Lipinski definition) is 0. The third kappa shape index (κ3) is 5.03. The van der Waals surface area contributed by atoms with Crippen LogP contribution in [0.25, 0.3) is 10.4 Å². The highest BCUT2D eigenvalue weighted by molar-refractivity contribution is 5.39. The van der Waals surface area contributed by atoms with E-state index in [4.69, 9.17) is 10.3 Å². The summed E-state index contributed by atoms with van der Waals surface area (Å²) in [6.45, 7) is 1.18. The van der Waals surface area contributed by atoms with Crippen molar-refractivity contribution in [1.82, 2.24) is 0 Å². The predicted octanol–water partition coefficient (Wildman–Crippen LogP) is 3.34. The van der Waals surface area contributed by atoms with Gasteiger partial charge in [0.2, 0.25) is 0 Å². The lowest BCUT2D eigenvalue weighted by Gasteiger charge is -2.12. The molecule has 1 saturated carbocycles. The maximum atomic E-state index is 10.2. The Hall–Kier alpha value is -1.22. The zero-order chi connectivity index (χ0) is 11.7. The standard InChI is InChI=1S/C11H19N3O2/c12-14-13-9-5-3-1-2-4-6-11(7-8-11)16-10-15/h10H,1-9H2. The van der Waals surface area contributed by atoms with Gasteiger partial charge < -0.3 is 4.74 Å². The maximum Gasteiger partial charge on any atom is 0.293 e. The molecule has 0 aromatic heterocycles. The Morgan fingerprint density at radius 2 is 1.94 bits per heavy atom. The van der Waals surface area contributed by atoms with Crippen LogP contribution in [0.2, 0.25) is 0 Å². The molecule has 0 aromatic rings. The van der Waals surface area contributed by atoms with Crippen molar-refractivity contribution >= 4 is 6.47 Å². The van der Waals surface area contributed by atoms with Gasteiger partial charge in [0.15, 0.2) is 0 Å². The lowest BCUT2D eigenvalue weighted by Crippen LogP contribution is -2.12. The highest BCUT2D eigenvalue weighted by Gasteiger charge is 2.44. The summed E-state index contributed by atoms with van der Waals surface area (Å²) in [5, 5.41) is 3.48. The summed E-state index contributed by atoms with van der Waals surface area (Å²) in [5.74, 6) is 0. The molecule has 0 amide bonds. The highest BCUT2D eigenvalue weighted by Crippen LogP contribution is 2.43. The second-order valence-electron chi connectivity index (χ2n) is 4.37. The first-order chi connectivity index (χ1) is 7.83. The van der Waals surface area contributed by atoms with E-state index in [0.29, 0.717) is 13.0 Å². The summed E-state index contributed by atoms with van der Waals surface area (Å²) < 4.78 is 5.06. The number of ether oxygens (including phenoxy) is 1. The van der Waals surface area contributed by atoms with Crippen molar-refractivity contribution in [1.29, 1.82) is 0 Å². The van der Waals surface area contributed by atoms with Crippen LogP contribution in [0.5, 0.6) is 0 Å². The molecule has 1 fully saturated rings. The topological polar surface area (TPSA) is 75.1 Å². The van der Waals surface area contributed by atoms with Crippen LogP contribution in [-0.4, -0.2) is 18.6 Å². The van der Waals surface area contributed by atoms with Gasteiger partial charge in [0.1, 0.15) is 5.60 Å². The zero-order valence-corrected chi connectivity index (χ0v) is 9.60. The molecule has 1 rings (SSSR count). The molecule has 0 unspecified atom stereocenters. The average Bonchev–Trinajstić information content (AvgIpc) is 3.03. The van der Waals surface area contributed by atoms with E-state index in [9.17, 15) is 4.79 Å². The van der Waals surface area contributed by atoms with Crippen LogP contribution in [0.3, 0.4) is 0 Å². The highest BCUT2D eigenvalue weighted by atomic mass is 16.5. The molecule has 16 heavy (non-hydrogen) atoms. The summed E-state index contributed by atoms with van der Waals surface area (Å²) in [5.41, 5.74) is 7.98. The number of carbonyl (C=O) groups is 1. The van der Waals surface area contributed by atoms with Gasteiger partial charge in [-0.1, -0.05) is 24.4 Å². The molecule has 0 spiro atoms. The number of rotatable bonds is 10. The Morgan fingerprint density at radius 1 is 1.25 bits per heavy atom. The molecular weight excluding hydrogens is 206 g/mol. The second-order valence-corrected chi connectivity index (χ2v) is 4.37. The van der Waals surface area contributed by atoms with Gasteiger partial charge in [0, 0.05) is 11.5 Å². The van der Waals surface area contributed by atoms with Crippen LogP contribution in [0, 0.1) is 0 Å². The summed E-state index contributed by atoms with van der Waals surface area (Å²) in [6.07, 6.45) is 8.60. The van der Waals surface area contributed by atoms with Crippen LogP contribution in [0.15, 0.2) is 5.11 Å². The van der Waals surface area contributed by atoms with Gasteiger partial charge in [0.05, 0.1) is 0 Å². The Balaban J connectivity index is 1.88. The Labute approximate surface area is 95.8 Å². The fourth-order valence-electron chi connectivity index (χ4n) is 1.87. The Kier molecular flexibility index (Phi) is 5.72. The molecule has 0 aliphatic heterocycles. The molecule has 90 valence electrons.